The van der Waals surface area contributed by atoms with Crippen molar-refractivity contribution in [2.75, 3.05) is 0 Å². The van der Waals surface area contributed by atoms with Gasteiger partial charge in [0.1, 0.15) is 18.2 Å². The number of rotatable bonds is 6. The zero-order valence-corrected chi connectivity index (χ0v) is 19.9. The third-order valence-electron chi connectivity index (χ3n) is 4.38. The first-order chi connectivity index (χ1) is 13.7. The van der Waals surface area contributed by atoms with Crippen molar-refractivity contribution in [2.24, 2.45) is 0 Å². The summed E-state index contributed by atoms with van der Waals surface area (Å²) in [6.45, 7) is 0.764. The molecule has 0 saturated carbocycles. The number of ether oxygens (including phenoxy) is 1. The molecule has 0 bridgehead atoms. The van der Waals surface area contributed by atoms with Gasteiger partial charge in [0.25, 0.3) is 0 Å². The van der Waals surface area contributed by atoms with Crippen LogP contribution in [0.5, 0.6) is 5.75 Å². The minimum Gasteiger partial charge on any atom is -0.740 e. The van der Waals surface area contributed by atoms with Crippen LogP contribution < -0.4 is 56.1 Å². The molecule has 7 heteroatoms. The number of halogens is 1. The van der Waals surface area contributed by atoms with Crippen LogP contribution in [0.1, 0.15) is 11.4 Å². The molecular weight excluding hydrogens is 412 g/mol. The summed E-state index contributed by atoms with van der Waals surface area (Å²) in [7, 11) is 0. The molecule has 4 nitrogen and oxygen atoms in total. The second-order valence-electron chi connectivity index (χ2n) is 6.29. The zero-order valence-electron chi connectivity index (χ0n) is 16.0. The van der Waals surface area contributed by atoms with E-state index in [-0.39, 0.29) is 63.8 Å². The molecule has 1 heterocycles. The molecule has 0 saturated heterocycles. The van der Waals surface area contributed by atoms with Gasteiger partial charge in [-0.05, 0) is 41.0 Å². The molecule has 140 valence electrons. The van der Waals surface area contributed by atoms with Crippen molar-refractivity contribution in [3.63, 3.8) is 0 Å². The van der Waals surface area contributed by atoms with Crippen LogP contribution in [0.25, 0.3) is 11.1 Å². The first kappa shape index (κ1) is 22.1. The molecule has 3 aromatic carbocycles. The Morgan fingerprint density at radius 1 is 0.828 bits per heavy atom. The van der Waals surface area contributed by atoms with Crippen LogP contribution in [0.4, 0.5) is 4.39 Å². The molecule has 4 rings (SSSR count). The molecule has 0 unspecified atom stereocenters. The molecule has 0 N–H and O–H groups in total. The molecule has 0 aliphatic heterocycles. The van der Waals surface area contributed by atoms with Crippen LogP contribution in [0.3, 0.4) is 0 Å². The Balaban J connectivity index is 0.00000240. The maximum atomic E-state index is 13.0. The Bertz CT molecular complexity index is 1050. The van der Waals surface area contributed by atoms with Gasteiger partial charge in [0, 0.05) is 11.7 Å². The summed E-state index contributed by atoms with van der Waals surface area (Å²) in [5, 5.41) is 8.52. The largest absolute Gasteiger partial charge is 1.00 e. The van der Waals surface area contributed by atoms with Gasteiger partial charge in [0.2, 0.25) is 0 Å². The number of hydrogen-bond donors (Lipinski definition) is 0. The van der Waals surface area contributed by atoms with Crippen LogP contribution in [0, 0.1) is 5.82 Å². The number of benzene rings is 3. The monoisotopic (exact) mass is 429 g/mol. The molecular formula is C22H17FKN3OS. The van der Waals surface area contributed by atoms with E-state index in [1.165, 1.54) is 17.7 Å². The Morgan fingerprint density at radius 3 is 2.17 bits per heavy atom. The predicted molar refractivity (Wildman–Crippen MR) is 107 cm³/mol. The molecule has 0 aliphatic rings. The number of hydrogen-bond acceptors (Lipinski definition) is 4. The van der Waals surface area contributed by atoms with Gasteiger partial charge in [-0.3, -0.25) is 0 Å². The minimum absolute atomic E-state index is 0. The van der Waals surface area contributed by atoms with Crippen molar-refractivity contribution < 1.29 is 60.5 Å². The van der Waals surface area contributed by atoms with E-state index in [4.69, 9.17) is 17.4 Å². The predicted octanol–water partition coefficient (Wildman–Crippen LogP) is 1.62. The van der Waals surface area contributed by atoms with E-state index >= 15 is 0 Å². The second kappa shape index (κ2) is 10.4. The van der Waals surface area contributed by atoms with E-state index in [2.05, 4.69) is 46.6 Å². The van der Waals surface area contributed by atoms with Gasteiger partial charge in [-0.1, -0.05) is 54.6 Å². The van der Waals surface area contributed by atoms with Crippen molar-refractivity contribution in [1.82, 2.24) is 14.8 Å². The fourth-order valence-corrected chi connectivity index (χ4v) is 3.09. The smallest absolute Gasteiger partial charge is 0.740 e. The average Bonchev–Trinajstić information content (AvgIpc) is 3.08. The van der Waals surface area contributed by atoms with E-state index in [0.717, 1.165) is 11.1 Å². The Labute approximate surface area is 217 Å². The maximum absolute atomic E-state index is 13.0. The summed E-state index contributed by atoms with van der Waals surface area (Å²) in [5.74, 6) is 0.887. The SMILES string of the molecule is Fc1ccc(OCc2nnc([S-])n2Cc2ccc(-c3ccccc3)cc2)cc1.[K+]. The van der Waals surface area contributed by atoms with Crippen molar-refractivity contribution in [3.8, 4) is 16.9 Å². The summed E-state index contributed by atoms with van der Waals surface area (Å²) < 4.78 is 20.5. The van der Waals surface area contributed by atoms with Gasteiger partial charge in [0.05, 0.1) is 0 Å². The van der Waals surface area contributed by atoms with Gasteiger partial charge >= 0.3 is 51.4 Å². The van der Waals surface area contributed by atoms with Crippen LogP contribution in [0.15, 0.2) is 84.0 Å². The molecule has 0 spiro atoms. The molecule has 0 aliphatic carbocycles. The van der Waals surface area contributed by atoms with E-state index < -0.39 is 0 Å². The maximum Gasteiger partial charge on any atom is 1.00 e. The van der Waals surface area contributed by atoms with Gasteiger partial charge in [-0.25, -0.2) is 4.39 Å². The summed E-state index contributed by atoms with van der Waals surface area (Å²) in [5.41, 5.74) is 3.43. The Hall–Kier alpha value is -1.61. The summed E-state index contributed by atoms with van der Waals surface area (Å²) in [6, 6.07) is 24.4. The van der Waals surface area contributed by atoms with E-state index in [0.29, 0.717) is 23.3 Å². The van der Waals surface area contributed by atoms with Crippen LogP contribution in [-0.4, -0.2) is 14.8 Å². The van der Waals surface area contributed by atoms with Gasteiger partial charge in [0.15, 0.2) is 5.82 Å². The third-order valence-corrected chi connectivity index (χ3v) is 4.68. The third kappa shape index (κ3) is 5.72. The van der Waals surface area contributed by atoms with Crippen LogP contribution in [-0.2, 0) is 25.8 Å². The van der Waals surface area contributed by atoms with Gasteiger partial charge in [-0.2, -0.15) is 5.10 Å². The van der Waals surface area contributed by atoms with E-state index in [1.807, 2.05) is 22.8 Å². The molecule has 29 heavy (non-hydrogen) atoms. The van der Waals surface area contributed by atoms with Crippen molar-refractivity contribution in [1.29, 1.82) is 0 Å². The van der Waals surface area contributed by atoms with Gasteiger partial charge < -0.3 is 21.9 Å². The van der Waals surface area contributed by atoms with Crippen LogP contribution >= 0.6 is 0 Å². The molecule has 0 atom stereocenters. The fraction of sp³-hybridized carbons (Fsp3) is 0.0909. The summed E-state index contributed by atoms with van der Waals surface area (Å²) >= 11 is 5.31. The fourth-order valence-electron chi connectivity index (χ4n) is 2.88. The first-order valence-electron chi connectivity index (χ1n) is 8.81. The van der Waals surface area contributed by atoms with E-state index in [9.17, 15) is 4.39 Å². The minimum atomic E-state index is -0.303. The number of aromatic nitrogens is 3. The Kier molecular flexibility index (Phi) is 7.94. The number of nitrogens with zero attached hydrogens (tertiary/aromatic N) is 3. The topological polar surface area (TPSA) is 39.9 Å². The Morgan fingerprint density at radius 2 is 1.48 bits per heavy atom. The first-order valence-corrected chi connectivity index (χ1v) is 9.22. The van der Waals surface area contributed by atoms with Crippen molar-refractivity contribution >= 4 is 12.6 Å². The second-order valence-corrected chi connectivity index (χ2v) is 6.66. The summed E-state index contributed by atoms with van der Waals surface area (Å²) in [6.07, 6.45) is 0. The zero-order chi connectivity index (χ0) is 19.3. The molecule has 1 aromatic heterocycles. The molecule has 0 radical (unpaired) electrons. The van der Waals surface area contributed by atoms with Crippen molar-refractivity contribution in [3.05, 3.63) is 96.1 Å². The normalized spacial score (nSPS) is 10.4. The summed E-state index contributed by atoms with van der Waals surface area (Å²) in [4.78, 5) is 0. The standard InChI is InChI=1S/C22H18FN3OS.K/c23-19-10-12-20(13-11-19)27-15-21-24-25-22(28)26(21)14-16-6-8-18(9-7-16)17-4-2-1-3-5-17;/h1-13H,14-15H2,(H,25,28);/q;+1/p-1. The van der Waals surface area contributed by atoms with Crippen LogP contribution in [0.2, 0.25) is 0 Å². The quantitative estimate of drug-likeness (QED) is 0.345. The van der Waals surface area contributed by atoms with Gasteiger partial charge in [-0.15, -0.1) is 5.10 Å². The molecule has 4 aromatic rings. The van der Waals surface area contributed by atoms with E-state index in [1.54, 1.807) is 12.1 Å². The molecule has 0 amide bonds. The molecule has 0 fully saturated rings. The average molecular weight is 430 g/mol. The van der Waals surface area contributed by atoms with Crippen molar-refractivity contribution in [2.45, 2.75) is 18.3 Å².